The number of benzene rings is 1. The van der Waals surface area contributed by atoms with E-state index < -0.39 is 0 Å². The van der Waals surface area contributed by atoms with Crippen molar-refractivity contribution >= 4 is 22.8 Å². The molecule has 1 atom stereocenters. The standard InChI is InChI=1S/C20H21N5O2/c1-24-17-8-3-2-7-16(17)23-18(24)11-22-20(27)14-10-19(26)25(12-14)13-15-6-4-5-9-21-15/h2-9,14H,10-13H2,1H3,(H,22,27). The van der Waals surface area contributed by atoms with Crippen LogP contribution in [-0.2, 0) is 29.7 Å². The Labute approximate surface area is 157 Å². The minimum Gasteiger partial charge on any atom is -0.349 e. The highest BCUT2D eigenvalue weighted by Crippen LogP contribution is 2.20. The van der Waals surface area contributed by atoms with E-state index in [2.05, 4.69) is 15.3 Å². The molecule has 0 radical (unpaired) electrons. The first kappa shape index (κ1) is 17.2. The van der Waals surface area contributed by atoms with Crippen molar-refractivity contribution in [3.63, 3.8) is 0 Å². The molecule has 7 nitrogen and oxygen atoms in total. The van der Waals surface area contributed by atoms with Gasteiger partial charge in [-0.15, -0.1) is 0 Å². The normalized spacial score (nSPS) is 16.9. The number of aromatic nitrogens is 3. The van der Waals surface area contributed by atoms with Gasteiger partial charge >= 0.3 is 0 Å². The number of nitrogens with one attached hydrogen (secondary N) is 1. The smallest absolute Gasteiger partial charge is 0.225 e. The molecule has 7 heteroatoms. The van der Waals surface area contributed by atoms with Gasteiger partial charge in [-0.2, -0.15) is 0 Å². The molecule has 1 aliphatic heterocycles. The van der Waals surface area contributed by atoms with E-state index >= 15 is 0 Å². The van der Waals surface area contributed by atoms with Crippen molar-refractivity contribution in [2.75, 3.05) is 6.54 Å². The van der Waals surface area contributed by atoms with E-state index in [0.29, 0.717) is 19.6 Å². The molecule has 1 unspecified atom stereocenters. The van der Waals surface area contributed by atoms with Gasteiger partial charge in [0.1, 0.15) is 5.82 Å². The van der Waals surface area contributed by atoms with Crippen LogP contribution in [0.3, 0.4) is 0 Å². The minimum atomic E-state index is -0.337. The predicted octanol–water partition coefficient (Wildman–Crippen LogP) is 1.63. The Balaban J connectivity index is 1.37. The summed E-state index contributed by atoms with van der Waals surface area (Å²) in [7, 11) is 1.94. The van der Waals surface area contributed by atoms with Crippen LogP contribution in [0, 0.1) is 5.92 Å². The van der Waals surface area contributed by atoms with Gasteiger partial charge in [0, 0.05) is 26.2 Å². The summed E-state index contributed by atoms with van der Waals surface area (Å²) in [6.07, 6.45) is 1.94. The van der Waals surface area contributed by atoms with Crippen molar-refractivity contribution in [2.45, 2.75) is 19.5 Å². The average Bonchev–Trinajstić information content (AvgIpc) is 3.21. The number of amides is 2. The molecule has 2 aromatic heterocycles. The van der Waals surface area contributed by atoms with Gasteiger partial charge in [-0.25, -0.2) is 4.98 Å². The molecule has 1 N–H and O–H groups in total. The first-order chi connectivity index (χ1) is 13.1. The summed E-state index contributed by atoms with van der Waals surface area (Å²) in [5.41, 5.74) is 2.76. The molecule has 4 rings (SSSR count). The van der Waals surface area contributed by atoms with E-state index in [9.17, 15) is 9.59 Å². The first-order valence-electron chi connectivity index (χ1n) is 8.97. The summed E-state index contributed by atoms with van der Waals surface area (Å²) in [6, 6.07) is 13.5. The number of para-hydroxylation sites is 2. The number of hydrogen-bond acceptors (Lipinski definition) is 4. The highest BCUT2D eigenvalue weighted by molar-refractivity contribution is 5.89. The zero-order chi connectivity index (χ0) is 18.8. The van der Waals surface area contributed by atoms with Gasteiger partial charge in [-0.1, -0.05) is 18.2 Å². The second-order valence-electron chi connectivity index (χ2n) is 6.79. The largest absolute Gasteiger partial charge is 0.349 e. The van der Waals surface area contributed by atoms with Crippen molar-refractivity contribution < 1.29 is 9.59 Å². The summed E-state index contributed by atoms with van der Waals surface area (Å²) in [5, 5.41) is 2.93. The van der Waals surface area contributed by atoms with Gasteiger partial charge < -0.3 is 14.8 Å². The van der Waals surface area contributed by atoms with Crippen LogP contribution in [0.5, 0.6) is 0 Å². The Morgan fingerprint density at radius 3 is 2.81 bits per heavy atom. The third-order valence-corrected chi connectivity index (χ3v) is 4.96. The number of pyridine rings is 1. The van der Waals surface area contributed by atoms with Crippen molar-refractivity contribution in [2.24, 2.45) is 13.0 Å². The maximum atomic E-state index is 12.5. The van der Waals surface area contributed by atoms with Crippen molar-refractivity contribution in [1.29, 1.82) is 0 Å². The first-order valence-corrected chi connectivity index (χ1v) is 8.97. The molecule has 3 aromatic rings. The third kappa shape index (κ3) is 3.53. The van der Waals surface area contributed by atoms with Crippen LogP contribution >= 0.6 is 0 Å². The fourth-order valence-corrected chi connectivity index (χ4v) is 3.45. The van der Waals surface area contributed by atoms with Gasteiger partial charge in [0.05, 0.1) is 35.7 Å². The number of hydrogen-bond donors (Lipinski definition) is 1. The molecule has 1 aliphatic rings. The van der Waals surface area contributed by atoms with E-state index in [-0.39, 0.29) is 24.2 Å². The molecule has 1 aromatic carbocycles. The molecule has 3 heterocycles. The second-order valence-corrected chi connectivity index (χ2v) is 6.79. The van der Waals surface area contributed by atoms with Gasteiger partial charge in [0.15, 0.2) is 0 Å². The number of carbonyl (C=O) groups is 2. The van der Waals surface area contributed by atoms with Gasteiger partial charge in [-0.05, 0) is 24.3 Å². The number of imidazole rings is 1. The second kappa shape index (κ2) is 7.19. The topological polar surface area (TPSA) is 80.1 Å². The van der Waals surface area contributed by atoms with Gasteiger partial charge in [0.2, 0.25) is 11.8 Å². The number of likely N-dealkylation sites (tertiary alicyclic amines) is 1. The summed E-state index contributed by atoms with van der Waals surface area (Å²) >= 11 is 0. The number of nitrogens with zero attached hydrogens (tertiary/aromatic N) is 4. The van der Waals surface area contributed by atoms with Crippen molar-refractivity contribution in [1.82, 2.24) is 24.8 Å². The number of carbonyl (C=O) groups excluding carboxylic acids is 2. The maximum absolute atomic E-state index is 12.5. The van der Waals surface area contributed by atoms with E-state index in [4.69, 9.17) is 0 Å². The van der Waals surface area contributed by atoms with Crippen LogP contribution in [0.4, 0.5) is 0 Å². The molecule has 0 spiro atoms. The van der Waals surface area contributed by atoms with Crippen LogP contribution in [0.25, 0.3) is 11.0 Å². The molecule has 0 aliphatic carbocycles. The summed E-state index contributed by atoms with van der Waals surface area (Å²) < 4.78 is 1.97. The molecular weight excluding hydrogens is 342 g/mol. The van der Waals surface area contributed by atoms with Gasteiger partial charge in [0.25, 0.3) is 0 Å². The molecule has 27 heavy (non-hydrogen) atoms. The Hall–Kier alpha value is -3.22. The molecule has 0 bridgehead atoms. The fraction of sp³-hybridized carbons (Fsp3) is 0.300. The van der Waals surface area contributed by atoms with Crippen LogP contribution in [0.15, 0.2) is 48.7 Å². The highest BCUT2D eigenvalue weighted by Gasteiger charge is 2.34. The number of fused-ring (bicyclic) bond motifs is 1. The Bertz CT molecular complexity index is 982. The zero-order valence-corrected chi connectivity index (χ0v) is 15.1. The predicted molar refractivity (Wildman–Crippen MR) is 100 cm³/mol. The number of aryl methyl sites for hydroxylation is 1. The third-order valence-electron chi connectivity index (χ3n) is 4.96. The van der Waals surface area contributed by atoms with E-state index in [0.717, 1.165) is 22.6 Å². The Morgan fingerprint density at radius 1 is 1.22 bits per heavy atom. The van der Waals surface area contributed by atoms with Crippen LogP contribution in [0.2, 0.25) is 0 Å². The molecular formula is C20H21N5O2. The quantitative estimate of drug-likeness (QED) is 0.747. The van der Waals surface area contributed by atoms with E-state index in [1.165, 1.54) is 0 Å². The van der Waals surface area contributed by atoms with Crippen LogP contribution in [-0.4, -0.2) is 37.8 Å². The zero-order valence-electron chi connectivity index (χ0n) is 15.1. The monoisotopic (exact) mass is 363 g/mol. The molecule has 2 amide bonds. The summed E-state index contributed by atoms with van der Waals surface area (Å²) in [5.74, 6) is 0.331. The van der Waals surface area contributed by atoms with E-state index in [1.54, 1.807) is 11.1 Å². The van der Waals surface area contributed by atoms with Crippen molar-refractivity contribution in [3.8, 4) is 0 Å². The lowest BCUT2D eigenvalue weighted by Gasteiger charge is -2.16. The average molecular weight is 363 g/mol. The number of rotatable bonds is 5. The van der Waals surface area contributed by atoms with Crippen molar-refractivity contribution in [3.05, 3.63) is 60.2 Å². The maximum Gasteiger partial charge on any atom is 0.225 e. The Morgan fingerprint density at radius 2 is 2.04 bits per heavy atom. The summed E-state index contributed by atoms with van der Waals surface area (Å²) in [4.78, 5) is 35.3. The van der Waals surface area contributed by atoms with Crippen LogP contribution in [0.1, 0.15) is 17.9 Å². The van der Waals surface area contributed by atoms with E-state index in [1.807, 2.05) is 54.1 Å². The van der Waals surface area contributed by atoms with Gasteiger partial charge in [-0.3, -0.25) is 14.6 Å². The van der Waals surface area contributed by atoms with Crippen LogP contribution < -0.4 is 5.32 Å². The lowest BCUT2D eigenvalue weighted by Crippen LogP contribution is -2.33. The lowest BCUT2D eigenvalue weighted by atomic mass is 10.1. The molecule has 1 saturated heterocycles. The fourth-order valence-electron chi connectivity index (χ4n) is 3.45. The lowest BCUT2D eigenvalue weighted by molar-refractivity contribution is -0.129. The molecule has 1 fully saturated rings. The molecule has 0 saturated carbocycles. The molecule has 138 valence electrons. The summed E-state index contributed by atoms with van der Waals surface area (Å²) in [6.45, 7) is 1.20. The minimum absolute atomic E-state index is 0.0106. The SMILES string of the molecule is Cn1c(CNC(=O)C2CC(=O)N(Cc3ccccn3)C2)nc2ccccc21. The Kier molecular flexibility index (Phi) is 4.58. The highest BCUT2D eigenvalue weighted by atomic mass is 16.2.